The van der Waals surface area contributed by atoms with Gasteiger partial charge in [0, 0.05) is 0 Å². The van der Waals surface area contributed by atoms with Gasteiger partial charge in [-0.1, -0.05) is 48.0 Å². The molecule has 0 unspecified atom stereocenters. The maximum absolute atomic E-state index is 12.3. The predicted molar refractivity (Wildman–Crippen MR) is 94.0 cm³/mol. The zero-order valence-corrected chi connectivity index (χ0v) is 14.8. The Morgan fingerprint density at radius 2 is 1.54 bits per heavy atom. The molecular formula is C18H22N2O3S. The molecule has 0 aromatic heterocycles. The first-order valence-electron chi connectivity index (χ1n) is 7.74. The minimum Gasteiger partial charge on any atom is -0.348 e. The highest BCUT2D eigenvalue weighted by Gasteiger charge is 2.23. The summed E-state index contributed by atoms with van der Waals surface area (Å²) >= 11 is 0. The van der Waals surface area contributed by atoms with E-state index in [2.05, 4.69) is 10.0 Å². The molecule has 5 nitrogen and oxygen atoms in total. The second kappa shape index (κ2) is 7.59. The molecule has 0 saturated carbocycles. The van der Waals surface area contributed by atoms with Crippen molar-refractivity contribution in [2.75, 3.05) is 0 Å². The smallest absolute Gasteiger partial charge is 0.241 e. The minimum absolute atomic E-state index is 0.142. The number of benzene rings is 2. The van der Waals surface area contributed by atoms with Crippen LogP contribution in [0.2, 0.25) is 0 Å². The van der Waals surface area contributed by atoms with Crippen LogP contribution < -0.4 is 10.0 Å². The van der Waals surface area contributed by atoms with Gasteiger partial charge in [-0.25, -0.2) is 8.42 Å². The lowest BCUT2D eigenvalue weighted by atomic mass is 10.1. The number of sulfonamides is 1. The summed E-state index contributed by atoms with van der Waals surface area (Å²) in [6, 6.07) is 14.9. The van der Waals surface area contributed by atoms with Crippen LogP contribution in [0.25, 0.3) is 0 Å². The van der Waals surface area contributed by atoms with Crippen molar-refractivity contribution in [2.24, 2.45) is 0 Å². The van der Waals surface area contributed by atoms with E-state index in [0.717, 1.165) is 11.1 Å². The van der Waals surface area contributed by atoms with E-state index in [1.807, 2.05) is 44.2 Å². The Morgan fingerprint density at radius 1 is 0.958 bits per heavy atom. The number of aryl methyl sites for hydroxylation is 1. The molecule has 0 bridgehead atoms. The highest BCUT2D eigenvalue weighted by atomic mass is 32.2. The largest absolute Gasteiger partial charge is 0.348 e. The van der Waals surface area contributed by atoms with Gasteiger partial charge in [0.1, 0.15) is 0 Å². The van der Waals surface area contributed by atoms with Gasteiger partial charge in [0.25, 0.3) is 0 Å². The molecule has 0 aliphatic rings. The molecule has 1 amide bonds. The monoisotopic (exact) mass is 346 g/mol. The van der Waals surface area contributed by atoms with Crippen molar-refractivity contribution >= 4 is 15.9 Å². The summed E-state index contributed by atoms with van der Waals surface area (Å²) < 4.78 is 27.1. The number of nitrogens with one attached hydrogen (secondary N) is 2. The molecule has 0 heterocycles. The normalized spacial score (nSPS) is 14.0. The molecular weight excluding hydrogens is 324 g/mol. The fraction of sp³-hybridized carbons (Fsp3) is 0.278. The fourth-order valence-electron chi connectivity index (χ4n) is 2.24. The summed E-state index contributed by atoms with van der Waals surface area (Å²) in [7, 11) is -3.73. The first-order chi connectivity index (χ1) is 11.3. The van der Waals surface area contributed by atoms with Gasteiger partial charge in [0.05, 0.1) is 17.0 Å². The van der Waals surface area contributed by atoms with Gasteiger partial charge in [-0.15, -0.1) is 0 Å². The van der Waals surface area contributed by atoms with Gasteiger partial charge in [-0.2, -0.15) is 4.72 Å². The first-order valence-corrected chi connectivity index (χ1v) is 9.22. The molecule has 6 heteroatoms. The number of rotatable bonds is 6. The minimum atomic E-state index is -3.73. The lowest BCUT2D eigenvalue weighted by molar-refractivity contribution is -0.123. The van der Waals surface area contributed by atoms with Crippen LogP contribution in [-0.2, 0) is 14.8 Å². The first kappa shape index (κ1) is 18.2. The van der Waals surface area contributed by atoms with E-state index in [9.17, 15) is 13.2 Å². The van der Waals surface area contributed by atoms with Gasteiger partial charge in [0.2, 0.25) is 15.9 Å². The fourth-order valence-corrected chi connectivity index (χ4v) is 3.44. The Labute approximate surface area is 143 Å². The quantitative estimate of drug-likeness (QED) is 0.844. The third-order valence-electron chi connectivity index (χ3n) is 3.71. The Balaban J connectivity index is 2.02. The van der Waals surface area contributed by atoms with Crippen LogP contribution in [-0.4, -0.2) is 20.4 Å². The molecule has 128 valence electrons. The lowest BCUT2D eigenvalue weighted by Crippen LogP contribution is -2.45. The van der Waals surface area contributed by atoms with Gasteiger partial charge in [-0.3, -0.25) is 4.79 Å². The molecule has 0 saturated heterocycles. The zero-order chi connectivity index (χ0) is 17.7. The van der Waals surface area contributed by atoms with E-state index >= 15 is 0 Å². The summed E-state index contributed by atoms with van der Waals surface area (Å²) in [4.78, 5) is 12.4. The SMILES string of the molecule is Cc1ccc(S(=O)(=O)N[C@@H](C)C(=O)N[C@@H](C)c2ccccc2)cc1. The lowest BCUT2D eigenvalue weighted by Gasteiger charge is -2.19. The van der Waals surface area contributed by atoms with Crippen molar-refractivity contribution < 1.29 is 13.2 Å². The van der Waals surface area contributed by atoms with Crippen LogP contribution in [0.15, 0.2) is 59.5 Å². The second-order valence-electron chi connectivity index (χ2n) is 5.80. The molecule has 2 aromatic carbocycles. The van der Waals surface area contributed by atoms with Crippen LogP contribution in [0.4, 0.5) is 0 Å². The molecule has 0 aliphatic carbocycles. The Hall–Kier alpha value is -2.18. The van der Waals surface area contributed by atoms with Gasteiger partial charge in [-0.05, 0) is 38.5 Å². The zero-order valence-electron chi connectivity index (χ0n) is 14.0. The molecule has 2 atom stereocenters. The standard InChI is InChI=1S/C18H22N2O3S/c1-13-9-11-17(12-10-13)24(22,23)20-15(3)18(21)19-14(2)16-7-5-4-6-8-16/h4-12,14-15,20H,1-3H3,(H,19,21)/t14-,15-/m0/s1. The molecule has 2 N–H and O–H groups in total. The van der Waals surface area contributed by atoms with Crippen LogP contribution in [0, 0.1) is 6.92 Å². The average Bonchev–Trinajstić information content (AvgIpc) is 2.55. The second-order valence-corrected chi connectivity index (χ2v) is 7.51. The highest BCUT2D eigenvalue weighted by Crippen LogP contribution is 2.13. The Bertz CT molecular complexity index is 787. The predicted octanol–water partition coefficient (Wildman–Crippen LogP) is 2.54. The van der Waals surface area contributed by atoms with Crippen LogP contribution in [0.3, 0.4) is 0 Å². The van der Waals surface area contributed by atoms with Crippen LogP contribution >= 0.6 is 0 Å². The summed E-state index contributed by atoms with van der Waals surface area (Å²) in [6.07, 6.45) is 0. The maximum Gasteiger partial charge on any atom is 0.241 e. The molecule has 2 rings (SSSR count). The Kier molecular flexibility index (Phi) is 5.75. The van der Waals surface area contributed by atoms with Crippen molar-refractivity contribution in [3.05, 3.63) is 65.7 Å². The van der Waals surface area contributed by atoms with Crippen molar-refractivity contribution in [3.8, 4) is 0 Å². The summed E-state index contributed by atoms with van der Waals surface area (Å²) in [5.74, 6) is -0.373. The van der Waals surface area contributed by atoms with E-state index in [4.69, 9.17) is 0 Å². The molecule has 0 fully saturated rings. The van der Waals surface area contributed by atoms with Crippen LogP contribution in [0.5, 0.6) is 0 Å². The number of hydrogen-bond acceptors (Lipinski definition) is 3. The summed E-state index contributed by atoms with van der Waals surface area (Å²) in [5.41, 5.74) is 1.93. The van der Waals surface area contributed by atoms with E-state index in [1.165, 1.54) is 19.1 Å². The number of hydrogen-bond donors (Lipinski definition) is 2. The van der Waals surface area contributed by atoms with Gasteiger partial charge < -0.3 is 5.32 Å². The van der Waals surface area contributed by atoms with Gasteiger partial charge >= 0.3 is 0 Å². The molecule has 0 spiro atoms. The van der Waals surface area contributed by atoms with Crippen molar-refractivity contribution in [1.29, 1.82) is 0 Å². The van der Waals surface area contributed by atoms with E-state index in [1.54, 1.807) is 12.1 Å². The summed E-state index contributed by atoms with van der Waals surface area (Å²) in [5, 5.41) is 2.81. The number of carbonyl (C=O) groups excluding carboxylic acids is 1. The summed E-state index contributed by atoms with van der Waals surface area (Å²) in [6.45, 7) is 5.26. The van der Waals surface area contributed by atoms with Crippen molar-refractivity contribution in [1.82, 2.24) is 10.0 Å². The third-order valence-corrected chi connectivity index (χ3v) is 5.27. The number of amides is 1. The Morgan fingerprint density at radius 3 is 2.12 bits per heavy atom. The molecule has 2 aromatic rings. The van der Waals surface area contributed by atoms with E-state index in [0.29, 0.717) is 0 Å². The van der Waals surface area contributed by atoms with Crippen molar-refractivity contribution in [2.45, 2.75) is 37.8 Å². The van der Waals surface area contributed by atoms with Gasteiger partial charge in [0.15, 0.2) is 0 Å². The average molecular weight is 346 g/mol. The highest BCUT2D eigenvalue weighted by molar-refractivity contribution is 7.89. The number of carbonyl (C=O) groups is 1. The topological polar surface area (TPSA) is 75.3 Å². The van der Waals surface area contributed by atoms with Crippen LogP contribution in [0.1, 0.15) is 31.0 Å². The molecule has 0 aliphatic heterocycles. The third kappa shape index (κ3) is 4.66. The van der Waals surface area contributed by atoms with E-state index in [-0.39, 0.29) is 16.8 Å². The molecule has 0 radical (unpaired) electrons. The van der Waals surface area contributed by atoms with Crippen molar-refractivity contribution in [3.63, 3.8) is 0 Å². The van der Waals surface area contributed by atoms with E-state index < -0.39 is 16.1 Å². The maximum atomic E-state index is 12.3. The molecule has 24 heavy (non-hydrogen) atoms.